The van der Waals surface area contributed by atoms with Crippen LogP contribution in [0.3, 0.4) is 0 Å². The van der Waals surface area contributed by atoms with Gasteiger partial charge in [-0.2, -0.15) is 9.61 Å². The second-order valence-electron chi connectivity index (χ2n) is 7.55. The molecule has 3 heterocycles. The first-order chi connectivity index (χ1) is 13.6. The Morgan fingerprint density at radius 2 is 1.82 bits per heavy atom. The fourth-order valence-corrected chi connectivity index (χ4v) is 3.61. The van der Waals surface area contributed by atoms with E-state index in [1.165, 1.54) is 5.56 Å². The van der Waals surface area contributed by atoms with E-state index in [4.69, 9.17) is 4.74 Å². The highest BCUT2D eigenvalue weighted by molar-refractivity contribution is 5.68. The summed E-state index contributed by atoms with van der Waals surface area (Å²) in [5, 5.41) is 13.0. The molecule has 0 radical (unpaired) electrons. The van der Waals surface area contributed by atoms with Crippen LogP contribution in [0.1, 0.15) is 37.9 Å². The lowest BCUT2D eigenvalue weighted by molar-refractivity contribution is 0.250. The van der Waals surface area contributed by atoms with Gasteiger partial charge in [-0.25, -0.2) is 0 Å². The summed E-state index contributed by atoms with van der Waals surface area (Å²) >= 11 is 0. The number of anilines is 1. The fraction of sp³-hybridized carbons (Fsp3) is 0.476. The van der Waals surface area contributed by atoms with Gasteiger partial charge in [-0.1, -0.05) is 26.0 Å². The zero-order valence-corrected chi connectivity index (χ0v) is 16.9. The van der Waals surface area contributed by atoms with Gasteiger partial charge in [0.05, 0.1) is 18.0 Å². The molecule has 0 atom stereocenters. The lowest BCUT2D eigenvalue weighted by Gasteiger charge is -2.36. The zero-order chi connectivity index (χ0) is 19.5. The smallest absolute Gasteiger partial charge is 0.200 e. The normalized spacial score (nSPS) is 15.5. The molecule has 0 amide bonds. The van der Waals surface area contributed by atoms with Gasteiger partial charge < -0.3 is 9.64 Å². The summed E-state index contributed by atoms with van der Waals surface area (Å²) in [5.74, 6) is 1.30. The summed E-state index contributed by atoms with van der Waals surface area (Å²) in [4.78, 5) is 4.91. The molecule has 0 saturated carbocycles. The highest BCUT2D eigenvalue weighted by Gasteiger charge is 2.21. The Balaban J connectivity index is 1.43. The van der Waals surface area contributed by atoms with Crippen LogP contribution in [-0.4, -0.2) is 57.5 Å². The number of rotatable bonds is 6. The van der Waals surface area contributed by atoms with Crippen molar-refractivity contribution in [3.05, 3.63) is 47.9 Å². The molecule has 0 aliphatic carbocycles. The molecule has 148 valence electrons. The van der Waals surface area contributed by atoms with Crippen LogP contribution in [-0.2, 0) is 6.54 Å². The van der Waals surface area contributed by atoms with Crippen molar-refractivity contribution in [2.45, 2.75) is 33.2 Å². The third-order valence-corrected chi connectivity index (χ3v) is 5.21. The number of nitrogens with zero attached hydrogens (tertiary/aromatic N) is 6. The predicted octanol–water partition coefficient (Wildman–Crippen LogP) is 2.97. The number of hydrogen-bond donors (Lipinski definition) is 0. The number of aromatic nitrogens is 4. The van der Waals surface area contributed by atoms with Crippen LogP contribution in [0.2, 0.25) is 0 Å². The Hall–Kier alpha value is -2.67. The van der Waals surface area contributed by atoms with E-state index in [0.717, 1.165) is 55.5 Å². The first-order valence-corrected chi connectivity index (χ1v) is 10.0. The van der Waals surface area contributed by atoms with Crippen molar-refractivity contribution in [1.82, 2.24) is 24.7 Å². The van der Waals surface area contributed by atoms with E-state index in [0.29, 0.717) is 12.5 Å². The molecule has 3 aromatic rings. The molecule has 1 aliphatic rings. The van der Waals surface area contributed by atoms with E-state index < -0.39 is 0 Å². The van der Waals surface area contributed by atoms with Gasteiger partial charge in [-0.15, -0.1) is 10.2 Å². The topological polar surface area (TPSA) is 58.8 Å². The van der Waals surface area contributed by atoms with Gasteiger partial charge in [-0.3, -0.25) is 4.90 Å². The molecule has 0 N–H and O–H groups in total. The molecule has 1 aliphatic heterocycles. The molecule has 0 unspecified atom stereocenters. The maximum Gasteiger partial charge on any atom is 0.200 e. The molecule has 1 saturated heterocycles. The van der Waals surface area contributed by atoms with E-state index in [2.05, 4.69) is 69.3 Å². The van der Waals surface area contributed by atoms with Crippen molar-refractivity contribution >= 4 is 11.3 Å². The largest absolute Gasteiger partial charge is 0.494 e. The second-order valence-corrected chi connectivity index (χ2v) is 7.55. The Kier molecular flexibility index (Phi) is 5.43. The minimum absolute atomic E-state index is 0.367. The molecule has 4 rings (SSSR count). The van der Waals surface area contributed by atoms with Gasteiger partial charge in [0.1, 0.15) is 12.1 Å². The van der Waals surface area contributed by atoms with Crippen molar-refractivity contribution in [3.8, 4) is 5.75 Å². The third-order valence-electron chi connectivity index (χ3n) is 5.21. The summed E-state index contributed by atoms with van der Waals surface area (Å²) < 4.78 is 7.33. The lowest BCUT2D eigenvalue weighted by Crippen LogP contribution is -2.46. The number of hydrogen-bond acceptors (Lipinski definition) is 6. The van der Waals surface area contributed by atoms with E-state index in [1.807, 2.05) is 6.92 Å². The van der Waals surface area contributed by atoms with Crippen molar-refractivity contribution in [3.63, 3.8) is 0 Å². The zero-order valence-electron chi connectivity index (χ0n) is 16.9. The van der Waals surface area contributed by atoms with Gasteiger partial charge in [-0.05, 0) is 36.6 Å². The number of piperazine rings is 1. The average molecular weight is 380 g/mol. The third kappa shape index (κ3) is 3.94. The standard InChI is InChI=1S/C21H28N6O/c1-4-28-18-7-5-17(6-8-18)14-25-9-11-26(12-10-25)20-13-19(16(2)3)24-27-15-22-23-21(20)27/h5-8,13,15-16H,4,9-12,14H2,1-3H3. The summed E-state index contributed by atoms with van der Waals surface area (Å²) in [5.41, 5.74) is 4.36. The minimum Gasteiger partial charge on any atom is -0.494 e. The molecule has 0 bridgehead atoms. The highest BCUT2D eigenvalue weighted by atomic mass is 16.5. The summed E-state index contributed by atoms with van der Waals surface area (Å²) in [6.45, 7) is 12.0. The summed E-state index contributed by atoms with van der Waals surface area (Å²) in [7, 11) is 0. The van der Waals surface area contributed by atoms with Gasteiger partial charge in [0, 0.05) is 32.7 Å². The summed E-state index contributed by atoms with van der Waals surface area (Å²) in [6.07, 6.45) is 1.69. The first kappa shape index (κ1) is 18.7. The van der Waals surface area contributed by atoms with Crippen LogP contribution in [0.5, 0.6) is 5.75 Å². The van der Waals surface area contributed by atoms with Gasteiger partial charge in [0.15, 0.2) is 0 Å². The summed E-state index contributed by atoms with van der Waals surface area (Å²) in [6, 6.07) is 10.6. The van der Waals surface area contributed by atoms with Gasteiger partial charge >= 0.3 is 0 Å². The fourth-order valence-electron chi connectivity index (χ4n) is 3.61. The van der Waals surface area contributed by atoms with Crippen LogP contribution in [0.15, 0.2) is 36.7 Å². The van der Waals surface area contributed by atoms with Gasteiger partial charge in [0.25, 0.3) is 0 Å². The second kappa shape index (κ2) is 8.14. The quantitative estimate of drug-likeness (QED) is 0.655. The highest BCUT2D eigenvalue weighted by Crippen LogP contribution is 2.25. The molecule has 7 heteroatoms. The Morgan fingerprint density at radius 3 is 2.50 bits per heavy atom. The monoisotopic (exact) mass is 380 g/mol. The van der Waals surface area contributed by atoms with Gasteiger partial charge in [0.2, 0.25) is 5.65 Å². The number of ether oxygens (including phenoxy) is 1. The Labute approximate surface area is 165 Å². The van der Waals surface area contributed by atoms with Crippen molar-refractivity contribution in [2.24, 2.45) is 0 Å². The molecule has 28 heavy (non-hydrogen) atoms. The van der Waals surface area contributed by atoms with E-state index >= 15 is 0 Å². The maximum absolute atomic E-state index is 5.53. The van der Waals surface area contributed by atoms with E-state index in [9.17, 15) is 0 Å². The number of benzene rings is 1. The van der Waals surface area contributed by atoms with Crippen LogP contribution in [0.25, 0.3) is 5.65 Å². The molecular formula is C21H28N6O. The first-order valence-electron chi connectivity index (χ1n) is 10.0. The SMILES string of the molecule is CCOc1ccc(CN2CCN(c3cc(C(C)C)nn4cnnc34)CC2)cc1. The van der Waals surface area contributed by atoms with E-state index in [-0.39, 0.29) is 0 Å². The van der Waals surface area contributed by atoms with Crippen LogP contribution < -0.4 is 9.64 Å². The van der Waals surface area contributed by atoms with Crippen LogP contribution in [0, 0.1) is 0 Å². The molecule has 1 aromatic carbocycles. The molecule has 7 nitrogen and oxygen atoms in total. The minimum atomic E-state index is 0.367. The van der Waals surface area contributed by atoms with Crippen LogP contribution in [0.4, 0.5) is 5.69 Å². The maximum atomic E-state index is 5.53. The van der Waals surface area contributed by atoms with Crippen molar-refractivity contribution in [1.29, 1.82) is 0 Å². The van der Waals surface area contributed by atoms with Crippen LogP contribution >= 0.6 is 0 Å². The van der Waals surface area contributed by atoms with Crippen molar-refractivity contribution < 1.29 is 4.74 Å². The van der Waals surface area contributed by atoms with Crippen molar-refractivity contribution in [2.75, 3.05) is 37.7 Å². The predicted molar refractivity (Wildman–Crippen MR) is 110 cm³/mol. The molecule has 0 spiro atoms. The molecular weight excluding hydrogens is 352 g/mol. The molecule has 2 aromatic heterocycles. The lowest BCUT2D eigenvalue weighted by atomic mass is 10.1. The number of fused-ring (bicyclic) bond motifs is 1. The average Bonchev–Trinajstić information content (AvgIpc) is 3.18. The Bertz CT molecular complexity index is 912. The molecule has 1 fully saturated rings. The Morgan fingerprint density at radius 1 is 1.07 bits per heavy atom. The van der Waals surface area contributed by atoms with E-state index in [1.54, 1.807) is 10.8 Å².